The summed E-state index contributed by atoms with van der Waals surface area (Å²) in [6, 6.07) is 15.4. The number of guanidine groups is 1. The number of carbonyl (C=O) groups excluding carboxylic acids is 1. The molecule has 0 radical (unpaired) electrons. The molecule has 1 saturated heterocycles. The van der Waals surface area contributed by atoms with Gasteiger partial charge < -0.3 is 10.1 Å². The lowest BCUT2D eigenvalue weighted by Gasteiger charge is -2.14. The van der Waals surface area contributed by atoms with Crippen molar-refractivity contribution in [3.63, 3.8) is 0 Å². The first-order chi connectivity index (χ1) is 12.6. The lowest BCUT2D eigenvalue weighted by molar-refractivity contribution is 0.0975. The van der Waals surface area contributed by atoms with Crippen molar-refractivity contribution < 1.29 is 9.53 Å². The van der Waals surface area contributed by atoms with Crippen molar-refractivity contribution in [2.24, 2.45) is 4.99 Å². The Morgan fingerprint density at radius 2 is 1.96 bits per heavy atom. The fraction of sp³-hybridized carbons (Fsp3) is 0.333. The van der Waals surface area contributed by atoms with Crippen LogP contribution in [-0.2, 0) is 4.74 Å². The van der Waals surface area contributed by atoms with E-state index in [0.29, 0.717) is 18.1 Å². The average Bonchev–Trinajstić information content (AvgIpc) is 3.16. The quantitative estimate of drug-likeness (QED) is 0.652. The number of amides is 1. The Morgan fingerprint density at radius 1 is 1.15 bits per heavy atom. The van der Waals surface area contributed by atoms with Crippen LogP contribution in [0.2, 0.25) is 0 Å². The van der Waals surface area contributed by atoms with E-state index in [4.69, 9.17) is 4.74 Å². The van der Waals surface area contributed by atoms with Crippen LogP contribution in [0.3, 0.4) is 0 Å². The summed E-state index contributed by atoms with van der Waals surface area (Å²) < 4.78 is 5.62. The van der Waals surface area contributed by atoms with E-state index in [1.165, 1.54) is 0 Å². The van der Waals surface area contributed by atoms with Gasteiger partial charge in [0, 0.05) is 17.9 Å². The van der Waals surface area contributed by atoms with Gasteiger partial charge >= 0.3 is 0 Å². The fourth-order valence-corrected chi connectivity index (χ4v) is 2.81. The predicted octanol–water partition coefficient (Wildman–Crippen LogP) is 3.68. The van der Waals surface area contributed by atoms with Gasteiger partial charge in [-0.2, -0.15) is 0 Å². The maximum Gasteiger partial charge on any atom is 0.257 e. The number of hydrogen-bond donors (Lipinski definition) is 2. The molecule has 136 valence electrons. The number of para-hydroxylation sites is 1. The number of carbonyl (C=O) groups is 1. The largest absolute Gasteiger partial charge is 0.376 e. The van der Waals surface area contributed by atoms with E-state index >= 15 is 0 Å². The minimum absolute atomic E-state index is 0.126. The smallest absolute Gasteiger partial charge is 0.257 e. The summed E-state index contributed by atoms with van der Waals surface area (Å²) in [5.74, 6) is 0.262. The van der Waals surface area contributed by atoms with Crippen LogP contribution in [0, 0.1) is 13.8 Å². The minimum atomic E-state index is -0.178. The molecule has 3 rings (SSSR count). The summed E-state index contributed by atoms with van der Waals surface area (Å²) in [4.78, 5) is 17.2. The molecule has 1 amide bonds. The summed E-state index contributed by atoms with van der Waals surface area (Å²) in [6.45, 7) is 5.35. The van der Waals surface area contributed by atoms with E-state index in [0.717, 1.165) is 36.3 Å². The first kappa shape index (κ1) is 18.1. The number of nitrogens with zero attached hydrogens (tertiary/aromatic N) is 1. The van der Waals surface area contributed by atoms with Crippen LogP contribution in [0.4, 0.5) is 5.69 Å². The van der Waals surface area contributed by atoms with Gasteiger partial charge in [-0.05, 0) is 62.1 Å². The van der Waals surface area contributed by atoms with Crippen LogP contribution in [0.5, 0.6) is 0 Å². The number of nitrogens with one attached hydrogen (secondary N) is 2. The highest BCUT2D eigenvalue weighted by molar-refractivity contribution is 6.10. The van der Waals surface area contributed by atoms with Crippen molar-refractivity contribution in [1.29, 1.82) is 0 Å². The number of benzene rings is 2. The van der Waals surface area contributed by atoms with E-state index in [-0.39, 0.29) is 12.0 Å². The van der Waals surface area contributed by atoms with Crippen molar-refractivity contribution in [3.05, 3.63) is 65.2 Å². The second-order valence-corrected chi connectivity index (χ2v) is 6.57. The second-order valence-electron chi connectivity index (χ2n) is 6.57. The molecule has 1 aliphatic rings. The molecular weight excluding hydrogens is 326 g/mol. The Morgan fingerprint density at radius 3 is 2.65 bits per heavy atom. The van der Waals surface area contributed by atoms with E-state index in [9.17, 15) is 4.79 Å². The van der Waals surface area contributed by atoms with Crippen molar-refractivity contribution >= 4 is 17.6 Å². The molecule has 2 aromatic rings. The van der Waals surface area contributed by atoms with Gasteiger partial charge in [0.15, 0.2) is 0 Å². The monoisotopic (exact) mass is 351 g/mol. The first-order valence-corrected chi connectivity index (χ1v) is 8.98. The topological polar surface area (TPSA) is 62.7 Å². The molecular formula is C21H25N3O2. The number of rotatable bonds is 4. The summed E-state index contributed by atoms with van der Waals surface area (Å²) in [5, 5.41) is 6.09. The van der Waals surface area contributed by atoms with Crippen LogP contribution in [0.25, 0.3) is 0 Å². The summed E-state index contributed by atoms with van der Waals surface area (Å²) >= 11 is 0. The van der Waals surface area contributed by atoms with Crippen LogP contribution in [0.15, 0.2) is 53.5 Å². The third-order valence-electron chi connectivity index (χ3n) is 4.51. The molecule has 5 nitrogen and oxygen atoms in total. The molecule has 2 aromatic carbocycles. The van der Waals surface area contributed by atoms with Gasteiger partial charge in [0.05, 0.1) is 12.6 Å². The van der Waals surface area contributed by atoms with E-state index in [2.05, 4.69) is 15.6 Å². The maximum absolute atomic E-state index is 12.6. The lowest BCUT2D eigenvalue weighted by Crippen LogP contribution is -2.36. The molecule has 5 heteroatoms. The van der Waals surface area contributed by atoms with Crippen molar-refractivity contribution in [1.82, 2.24) is 5.32 Å². The molecule has 0 spiro atoms. The van der Waals surface area contributed by atoms with Gasteiger partial charge in [-0.3, -0.25) is 10.1 Å². The van der Waals surface area contributed by atoms with E-state index in [1.54, 1.807) is 0 Å². The second kappa shape index (κ2) is 8.63. The van der Waals surface area contributed by atoms with E-state index in [1.807, 2.05) is 62.4 Å². The SMILES string of the molecule is Cc1ccc(C(=O)NC(=NC[C@@H]2CCCO2)Nc2ccccc2)cc1C. The molecule has 26 heavy (non-hydrogen) atoms. The summed E-state index contributed by atoms with van der Waals surface area (Å²) in [7, 11) is 0. The van der Waals surface area contributed by atoms with Crippen LogP contribution in [-0.4, -0.2) is 31.1 Å². The maximum atomic E-state index is 12.6. The third-order valence-corrected chi connectivity index (χ3v) is 4.51. The normalized spacial score (nSPS) is 17.2. The highest BCUT2D eigenvalue weighted by Crippen LogP contribution is 2.13. The molecule has 1 heterocycles. The Bertz CT molecular complexity index is 781. The molecule has 0 unspecified atom stereocenters. The zero-order valence-corrected chi connectivity index (χ0v) is 15.3. The van der Waals surface area contributed by atoms with Crippen LogP contribution < -0.4 is 10.6 Å². The highest BCUT2D eigenvalue weighted by Gasteiger charge is 2.16. The zero-order chi connectivity index (χ0) is 18.4. The van der Waals surface area contributed by atoms with Crippen LogP contribution >= 0.6 is 0 Å². The number of aryl methyl sites for hydroxylation is 2. The minimum Gasteiger partial charge on any atom is -0.376 e. The Labute approximate surface area is 154 Å². The third kappa shape index (κ3) is 4.92. The van der Waals surface area contributed by atoms with Crippen molar-refractivity contribution in [2.75, 3.05) is 18.5 Å². The molecule has 1 fully saturated rings. The fourth-order valence-electron chi connectivity index (χ4n) is 2.81. The summed E-state index contributed by atoms with van der Waals surface area (Å²) in [6.07, 6.45) is 2.20. The van der Waals surface area contributed by atoms with Gasteiger partial charge in [0.25, 0.3) is 5.91 Å². The Hall–Kier alpha value is -2.66. The van der Waals surface area contributed by atoms with Crippen molar-refractivity contribution in [2.45, 2.75) is 32.8 Å². The van der Waals surface area contributed by atoms with Crippen LogP contribution in [0.1, 0.15) is 34.3 Å². The average molecular weight is 351 g/mol. The molecule has 0 aliphatic carbocycles. The van der Waals surface area contributed by atoms with Gasteiger partial charge in [0.2, 0.25) is 5.96 Å². The predicted molar refractivity (Wildman–Crippen MR) is 105 cm³/mol. The van der Waals surface area contributed by atoms with Gasteiger partial charge in [-0.1, -0.05) is 24.3 Å². The molecule has 0 bridgehead atoms. The van der Waals surface area contributed by atoms with Gasteiger partial charge in [-0.15, -0.1) is 0 Å². The van der Waals surface area contributed by atoms with E-state index < -0.39 is 0 Å². The van der Waals surface area contributed by atoms with Gasteiger partial charge in [0.1, 0.15) is 0 Å². The molecule has 1 atom stereocenters. The number of ether oxygens (including phenoxy) is 1. The molecule has 1 aliphatic heterocycles. The Balaban J connectivity index is 1.74. The highest BCUT2D eigenvalue weighted by atomic mass is 16.5. The number of hydrogen-bond acceptors (Lipinski definition) is 3. The first-order valence-electron chi connectivity index (χ1n) is 8.98. The lowest BCUT2D eigenvalue weighted by atomic mass is 10.1. The van der Waals surface area contributed by atoms with Gasteiger partial charge in [-0.25, -0.2) is 4.99 Å². The zero-order valence-electron chi connectivity index (χ0n) is 15.3. The molecule has 0 saturated carbocycles. The molecule has 2 N–H and O–H groups in total. The number of anilines is 1. The standard InChI is InChI=1S/C21H25N3O2/c1-15-10-11-17(13-16(15)2)20(25)24-21(22-14-19-9-6-12-26-19)23-18-7-4-3-5-8-18/h3-5,7-8,10-11,13,19H,6,9,12,14H2,1-2H3,(H2,22,23,24,25)/t19-/m0/s1. The number of aliphatic imine (C=N–C) groups is 1. The summed E-state index contributed by atoms with van der Waals surface area (Å²) in [5.41, 5.74) is 3.74. The van der Waals surface area contributed by atoms with Crippen molar-refractivity contribution in [3.8, 4) is 0 Å². The molecule has 0 aromatic heterocycles. The Kier molecular flexibility index (Phi) is 6.02.